The minimum absolute atomic E-state index is 0.0475. The molecular formula is C12H20N4O3S. The van der Waals surface area contributed by atoms with Gasteiger partial charge in [-0.05, 0) is 32.4 Å². The summed E-state index contributed by atoms with van der Waals surface area (Å²) in [5.74, 6) is 0.0616. The molecule has 2 N–H and O–H groups in total. The second kappa shape index (κ2) is 7.05. The van der Waals surface area contributed by atoms with Crippen LogP contribution in [0.25, 0.3) is 0 Å². The topological polar surface area (TPSA) is 91.5 Å². The van der Waals surface area contributed by atoms with Gasteiger partial charge in [0.25, 0.3) is 0 Å². The minimum Gasteiger partial charge on any atom is -0.481 e. The summed E-state index contributed by atoms with van der Waals surface area (Å²) in [6.45, 7) is 2.68. The Hall–Kier alpha value is -1.12. The lowest BCUT2D eigenvalue weighted by molar-refractivity contribution is -0.133. The molecule has 0 spiro atoms. The van der Waals surface area contributed by atoms with Crippen LogP contribution < -0.4 is 0 Å². The van der Waals surface area contributed by atoms with E-state index in [4.69, 9.17) is 5.11 Å². The normalized spacial score (nSPS) is 20.2. The fourth-order valence-electron chi connectivity index (χ4n) is 2.53. The van der Waals surface area contributed by atoms with E-state index in [0.717, 1.165) is 44.2 Å². The molecule has 20 heavy (non-hydrogen) atoms. The van der Waals surface area contributed by atoms with Crippen molar-refractivity contribution in [1.82, 2.24) is 19.7 Å². The minimum atomic E-state index is -0.882. The van der Waals surface area contributed by atoms with Crippen LogP contribution in [0.15, 0.2) is 5.16 Å². The largest absolute Gasteiger partial charge is 0.481 e. The summed E-state index contributed by atoms with van der Waals surface area (Å²) >= 11 is 1.15. The third kappa shape index (κ3) is 3.94. The molecule has 0 amide bonds. The van der Waals surface area contributed by atoms with Crippen LogP contribution in [0.1, 0.15) is 18.7 Å². The molecule has 2 rings (SSSR count). The standard InChI is InChI=1S/C12H20N4O3S/c1-15-4-2-3-9(5-15)6-16-10(7-17)13-14-12(16)20-8-11(18)19/h9,17H,2-8H2,1H3,(H,18,19). The van der Waals surface area contributed by atoms with Crippen molar-refractivity contribution in [3.05, 3.63) is 5.82 Å². The molecule has 1 aliphatic heterocycles. The predicted molar refractivity (Wildman–Crippen MR) is 74.5 cm³/mol. The van der Waals surface area contributed by atoms with Crippen molar-refractivity contribution in [2.24, 2.45) is 5.92 Å². The zero-order valence-corrected chi connectivity index (χ0v) is 12.3. The van der Waals surface area contributed by atoms with Crippen LogP contribution in [0.3, 0.4) is 0 Å². The number of aliphatic carboxylic acids is 1. The number of carbonyl (C=O) groups is 1. The highest BCUT2D eigenvalue weighted by Gasteiger charge is 2.21. The van der Waals surface area contributed by atoms with Gasteiger partial charge in [-0.25, -0.2) is 0 Å². The Labute approximate surface area is 122 Å². The summed E-state index contributed by atoms with van der Waals surface area (Å²) in [4.78, 5) is 13.0. The van der Waals surface area contributed by atoms with E-state index in [2.05, 4.69) is 22.1 Å². The molecule has 112 valence electrons. The van der Waals surface area contributed by atoms with Gasteiger partial charge in [-0.15, -0.1) is 10.2 Å². The van der Waals surface area contributed by atoms with Crippen LogP contribution in [0.2, 0.25) is 0 Å². The fourth-order valence-corrected chi connectivity index (χ4v) is 3.22. The second-order valence-corrected chi connectivity index (χ2v) is 6.06. The van der Waals surface area contributed by atoms with Gasteiger partial charge in [0, 0.05) is 13.1 Å². The number of thioether (sulfide) groups is 1. The van der Waals surface area contributed by atoms with E-state index in [1.54, 1.807) is 0 Å². The van der Waals surface area contributed by atoms with Crippen molar-refractivity contribution < 1.29 is 15.0 Å². The number of rotatable bonds is 6. The van der Waals surface area contributed by atoms with E-state index in [0.29, 0.717) is 16.9 Å². The first-order valence-electron chi connectivity index (χ1n) is 6.66. The van der Waals surface area contributed by atoms with Gasteiger partial charge in [0.1, 0.15) is 6.61 Å². The summed E-state index contributed by atoms with van der Waals surface area (Å²) < 4.78 is 1.86. The number of piperidine rings is 1. The highest BCUT2D eigenvalue weighted by molar-refractivity contribution is 7.99. The number of aliphatic hydroxyl groups is 1. The average Bonchev–Trinajstić information content (AvgIpc) is 2.78. The summed E-state index contributed by atoms with van der Waals surface area (Å²) in [7, 11) is 2.10. The Kier molecular flexibility index (Phi) is 5.38. The SMILES string of the molecule is CN1CCCC(Cn2c(CO)nnc2SCC(=O)O)C1. The molecule has 1 atom stereocenters. The zero-order valence-electron chi connectivity index (χ0n) is 11.5. The van der Waals surface area contributed by atoms with Crippen LogP contribution in [0.5, 0.6) is 0 Å². The van der Waals surface area contributed by atoms with Crippen LogP contribution in [0, 0.1) is 5.92 Å². The van der Waals surface area contributed by atoms with E-state index in [9.17, 15) is 9.90 Å². The second-order valence-electron chi connectivity index (χ2n) is 5.12. The summed E-state index contributed by atoms with van der Waals surface area (Å²) in [6.07, 6.45) is 2.30. The van der Waals surface area contributed by atoms with Crippen LogP contribution in [0.4, 0.5) is 0 Å². The molecule has 0 aliphatic carbocycles. The molecule has 1 unspecified atom stereocenters. The predicted octanol–water partition coefficient (Wildman–Crippen LogP) is 0.289. The van der Waals surface area contributed by atoms with Gasteiger partial charge in [0.2, 0.25) is 0 Å². The highest BCUT2D eigenvalue weighted by atomic mass is 32.2. The molecule has 7 nitrogen and oxygen atoms in total. The smallest absolute Gasteiger partial charge is 0.313 e. The summed E-state index contributed by atoms with van der Waals surface area (Å²) in [5.41, 5.74) is 0. The molecule has 1 aromatic heterocycles. The van der Waals surface area contributed by atoms with E-state index >= 15 is 0 Å². The molecule has 0 aromatic carbocycles. The number of aromatic nitrogens is 3. The molecule has 1 aliphatic rings. The van der Waals surface area contributed by atoms with Crippen molar-refractivity contribution in [3.8, 4) is 0 Å². The number of carboxylic acids is 1. The summed E-state index contributed by atoms with van der Waals surface area (Å²) in [6, 6.07) is 0. The van der Waals surface area contributed by atoms with Crippen molar-refractivity contribution in [1.29, 1.82) is 0 Å². The number of likely N-dealkylation sites (tertiary alicyclic amines) is 1. The van der Waals surface area contributed by atoms with Crippen LogP contribution in [-0.2, 0) is 17.9 Å². The van der Waals surface area contributed by atoms with Crippen LogP contribution >= 0.6 is 11.8 Å². The van der Waals surface area contributed by atoms with Gasteiger partial charge in [0.15, 0.2) is 11.0 Å². The zero-order chi connectivity index (χ0) is 14.5. The maximum atomic E-state index is 10.7. The molecule has 1 fully saturated rings. The Balaban J connectivity index is 2.07. The van der Waals surface area contributed by atoms with Crippen LogP contribution in [-0.4, -0.2) is 61.7 Å². The van der Waals surface area contributed by atoms with E-state index in [-0.39, 0.29) is 12.4 Å². The molecular weight excluding hydrogens is 280 g/mol. The van der Waals surface area contributed by atoms with Gasteiger partial charge in [0.05, 0.1) is 5.75 Å². The maximum Gasteiger partial charge on any atom is 0.313 e. The number of carboxylic acid groups (broad SMARTS) is 1. The molecule has 1 saturated heterocycles. The fraction of sp³-hybridized carbons (Fsp3) is 0.750. The maximum absolute atomic E-state index is 10.7. The lowest BCUT2D eigenvalue weighted by Gasteiger charge is -2.30. The average molecular weight is 300 g/mol. The van der Waals surface area contributed by atoms with Crippen molar-refractivity contribution in [2.75, 3.05) is 25.9 Å². The molecule has 0 radical (unpaired) electrons. The van der Waals surface area contributed by atoms with E-state index in [1.807, 2.05) is 4.57 Å². The lowest BCUT2D eigenvalue weighted by atomic mass is 9.98. The van der Waals surface area contributed by atoms with Crippen molar-refractivity contribution in [2.45, 2.75) is 31.1 Å². The Morgan fingerprint density at radius 3 is 2.95 bits per heavy atom. The van der Waals surface area contributed by atoms with Gasteiger partial charge in [-0.2, -0.15) is 0 Å². The first-order chi connectivity index (χ1) is 9.60. The first kappa shape index (κ1) is 15.3. The number of hydrogen-bond acceptors (Lipinski definition) is 6. The van der Waals surface area contributed by atoms with Crippen molar-refractivity contribution >= 4 is 17.7 Å². The van der Waals surface area contributed by atoms with Gasteiger partial charge >= 0.3 is 5.97 Å². The molecule has 8 heteroatoms. The highest BCUT2D eigenvalue weighted by Crippen LogP contribution is 2.22. The first-order valence-corrected chi connectivity index (χ1v) is 7.64. The van der Waals surface area contributed by atoms with Crippen molar-refractivity contribution in [3.63, 3.8) is 0 Å². The third-order valence-electron chi connectivity index (χ3n) is 3.42. The van der Waals surface area contributed by atoms with Gasteiger partial charge in [-0.3, -0.25) is 4.79 Å². The van der Waals surface area contributed by atoms with Gasteiger partial charge in [-0.1, -0.05) is 11.8 Å². The monoisotopic (exact) mass is 300 g/mol. The molecule has 0 saturated carbocycles. The number of aliphatic hydroxyl groups excluding tert-OH is 1. The quantitative estimate of drug-likeness (QED) is 0.729. The van der Waals surface area contributed by atoms with E-state index < -0.39 is 5.97 Å². The number of hydrogen-bond donors (Lipinski definition) is 2. The lowest BCUT2D eigenvalue weighted by Crippen LogP contribution is -2.34. The van der Waals surface area contributed by atoms with E-state index in [1.165, 1.54) is 0 Å². The van der Waals surface area contributed by atoms with Gasteiger partial charge < -0.3 is 19.7 Å². The third-order valence-corrected chi connectivity index (χ3v) is 4.37. The number of nitrogens with zero attached hydrogens (tertiary/aromatic N) is 4. The molecule has 2 heterocycles. The Morgan fingerprint density at radius 1 is 1.50 bits per heavy atom. The Bertz CT molecular complexity index is 466. The Morgan fingerprint density at radius 2 is 2.30 bits per heavy atom. The summed E-state index contributed by atoms with van der Waals surface area (Å²) in [5, 5.41) is 26.6. The molecule has 0 bridgehead atoms. The molecule has 1 aromatic rings.